The molecule has 0 aromatic heterocycles. The highest BCUT2D eigenvalue weighted by Gasteiger charge is 2.37. The molecule has 0 fully saturated rings. The Balaban J connectivity index is 1.27. The van der Waals surface area contributed by atoms with Crippen molar-refractivity contribution in [2.75, 3.05) is 0 Å². The van der Waals surface area contributed by atoms with E-state index in [-0.39, 0.29) is 5.41 Å². The maximum Gasteiger partial charge on any atom is 0.0159 e. The fraction of sp³-hybridized carbons (Fsp3) is 0.0545. The van der Waals surface area contributed by atoms with E-state index >= 15 is 0 Å². The van der Waals surface area contributed by atoms with Gasteiger partial charge in [0, 0.05) is 5.41 Å². The predicted molar refractivity (Wildman–Crippen MR) is 236 cm³/mol. The van der Waals surface area contributed by atoms with Crippen molar-refractivity contribution in [3.63, 3.8) is 0 Å². The predicted octanol–water partition coefficient (Wildman–Crippen LogP) is 15.3. The van der Waals surface area contributed by atoms with Gasteiger partial charge in [-0.25, -0.2) is 0 Å². The Labute approximate surface area is 322 Å². The first-order chi connectivity index (χ1) is 27.1. The van der Waals surface area contributed by atoms with Gasteiger partial charge in [-0.1, -0.05) is 196 Å². The Kier molecular flexibility index (Phi) is 7.00. The summed E-state index contributed by atoms with van der Waals surface area (Å²) in [6.45, 7) is 4.79. The van der Waals surface area contributed by atoms with Crippen LogP contribution in [0.1, 0.15) is 25.0 Å². The van der Waals surface area contributed by atoms with E-state index in [1.165, 1.54) is 110 Å². The quantitative estimate of drug-likeness (QED) is 0.161. The zero-order valence-corrected chi connectivity index (χ0v) is 31.0. The Bertz CT molecular complexity index is 3150. The second-order valence-corrected chi connectivity index (χ2v) is 15.6. The third-order valence-corrected chi connectivity index (χ3v) is 12.3. The molecule has 1 aliphatic rings. The van der Waals surface area contributed by atoms with E-state index in [0.29, 0.717) is 0 Å². The second-order valence-electron chi connectivity index (χ2n) is 15.6. The minimum absolute atomic E-state index is 0.134. The maximum absolute atomic E-state index is 2.54. The molecule has 1 aliphatic carbocycles. The molecule has 0 bridgehead atoms. The van der Waals surface area contributed by atoms with E-state index in [4.69, 9.17) is 0 Å². The summed E-state index contributed by atoms with van der Waals surface area (Å²) in [5.41, 5.74) is 15.4. The molecule has 11 rings (SSSR count). The van der Waals surface area contributed by atoms with Crippen LogP contribution in [0.4, 0.5) is 0 Å². The molecule has 0 unspecified atom stereocenters. The van der Waals surface area contributed by atoms with Crippen LogP contribution < -0.4 is 0 Å². The van der Waals surface area contributed by atoms with Crippen molar-refractivity contribution in [2.45, 2.75) is 19.3 Å². The van der Waals surface area contributed by atoms with Gasteiger partial charge < -0.3 is 0 Å². The number of benzene rings is 10. The average molecular weight is 699 g/mol. The maximum atomic E-state index is 2.54. The van der Waals surface area contributed by atoms with Gasteiger partial charge in [-0.15, -0.1) is 0 Å². The summed E-state index contributed by atoms with van der Waals surface area (Å²) < 4.78 is 0. The summed E-state index contributed by atoms with van der Waals surface area (Å²) in [7, 11) is 0. The molecular formula is C55H38. The van der Waals surface area contributed by atoms with Crippen molar-refractivity contribution in [2.24, 2.45) is 0 Å². The molecular weight excluding hydrogens is 661 g/mol. The highest BCUT2D eigenvalue weighted by Crippen LogP contribution is 2.55. The summed E-state index contributed by atoms with van der Waals surface area (Å²) in [4.78, 5) is 0. The Hall–Kier alpha value is -6.76. The lowest BCUT2D eigenvalue weighted by atomic mass is 9.78. The van der Waals surface area contributed by atoms with Crippen LogP contribution in [0.2, 0.25) is 0 Å². The van der Waals surface area contributed by atoms with Crippen molar-refractivity contribution in [3.05, 3.63) is 205 Å². The van der Waals surface area contributed by atoms with E-state index < -0.39 is 0 Å². The van der Waals surface area contributed by atoms with Gasteiger partial charge in [0.05, 0.1) is 0 Å². The standard InChI is InChI=1S/C55H38/c1-55(2)50-30-14-13-25-47(50)54-43-22-10-9-21-42(43)49(34-51(54)55)53-45-24-12-11-23-44(45)52(36-19-7-4-8-20-36)46-32-31-37(33-48(46)53)39-27-16-28-40-38(26-15-29-41(39)40)35-17-5-3-6-18-35/h3-34H,1-2H3. The summed E-state index contributed by atoms with van der Waals surface area (Å²) >= 11 is 0. The lowest BCUT2D eigenvalue weighted by Crippen LogP contribution is -2.15. The van der Waals surface area contributed by atoms with Crippen LogP contribution in [0, 0.1) is 0 Å². The Morgan fingerprint density at radius 1 is 0.255 bits per heavy atom. The molecule has 0 saturated heterocycles. The Morgan fingerprint density at radius 2 is 0.727 bits per heavy atom. The fourth-order valence-electron chi connectivity index (χ4n) is 9.74. The Morgan fingerprint density at radius 3 is 1.42 bits per heavy atom. The van der Waals surface area contributed by atoms with Crippen molar-refractivity contribution in [1.29, 1.82) is 0 Å². The fourth-order valence-corrected chi connectivity index (χ4v) is 9.74. The van der Waals surface area contributed by atoms with Crippen LogP contribution in [-0.4, -0.2) is 0 Å². The van der Waals surface area contributed by atoms with Crippen molar-refractivity contribution < 1.29 is 0 Å². The minimum Gasteiger partial charge on any atom is -0.0622 e. The van der Waals surface area contributed by atoms with Gasteiger partial charge in [-0.2, -0.15) is 0 Å². The molecule has 0 N–H and O–H groups in total. The first-order valence-corrected chi connectivity index (χ1v) is 19.4. The van der Waals surface area contributed by atoms with Gasteiger partial charge in [0.2, 0.25) is 0 Å². The highest BCUT2D eigenvalue weighted by molar-refractivity contribution is 6.25. The summed E-state index contributed by atoms with van der Waals surface area (Å²) in [5, 5.41) is 10.2. The number of rotatable bonds is 4. The number of hydrogen-bond donors (Lipinski definition) is 0. The van der Waals surface area contributed by atoms with Gasteiger partial charge in [-0.3, -0.25) is 0 Å². The molecule has 0 aliphatic heterocycles. The van der Waals surface area contributed by atoms with E-state index in [9.17, 15) is 0 Å². The van der Waals surface area contributed by atoms with Crippen molar-refractivity contribution in [3.8, 4) is 55.6 Å². The van der Waals surface area contributed by atoms with E-state index in [1.54, 1.807) is 0 Å². The molecule has 0 saturated carbocycles. The van der Waals surface area contributed by atoms with Gasteiger partial charge in [-0.05, 0) is 122 Å². The van der Waals surface area contributed by atoms with E-state index in [0.717, 1.165) is 0 Å². The molecule has 0 heterocycles. The van der Waals surface area contributed by atoms with Crippen LogP contribution in [-0.2, 0) is 5.41 Å². The lowest BCUT2D eigenvalue weighted by molar-refractivity contribution is 0.661. The van der Waals surface area contributed by atoms with E-state index in [2.05, 4.69) is 208 Å². The lowest BCUT2D eigenvalue weighted by Gasteiger charge is -2.24. The molecule has 0 spiro atoms. The first kappa shape index (κ1) is 31.7. The molecule has 0 heteroatoms. The highest BCUT2D eigenvalue weighted by atomic mass is 14.4. The SMILES string of the molecule is CC1(C)c2ccccc2-c2c1cc(-c1c3ccccc3c(-c3ccccc3)c3ccc(-c4cccc5c(-c6ccccc6)cccc45)cc13)c1ccccc21. The molecule has 55 heavy (non-hydrogen) atoms. The van der Waals surface area contributed by atoms with Gasteiger partial charge in [0.1, 0.15) is 0 Å². The van der Waals surface area contributed by atoms with Crippen LogP contribution >= 0.6 is 0 Å². The van der Waals surface area contributed by atoms with Crippen LogP contribution in [0.25, 0.3) is 98.7 Å². The summed E-state index contributed by atoms with van der Waals surface area (Å²) in [6, 6.07) is 72.1. The number of fused-ring (bicyclic) bond motifs is 8. The van der Waals surface area contributed by atoms with Gasteiger partial charge >= 0.3 is 0 Å². The first-order valence-electron chi connectivity index (χ1n) is 19.4. The van der Waals surface area contributed by atoms with Gasteiger partial charge in [0.25, 0.3) is 0 Å². The normalized spacial score (nSPS) is 13.1. The summed E-state index contributed by atoms with van der Waals surface area (Å²) in [6.07, 6.45) is 0. The van der Waals surface area contributed by atoms with Crippen molar-refractivity contribution in [1.82, 2.24) is 0 Å². The third-order valence-electron chi connectivity index (χ3n) is 12.3. The minimum atomic E-state index is -0.134. The van der Waals surface area contributed by atoms with Crippen molar-refractivity contribution >= 4 is 43.1 Å². The molecule has 0 atom stereocenters. The average Bonchev–Trinajstić information content (AvgIpc) is 3.48. The molecule has 0 nitrogen and oxygen atoms in total. The number of hydrogen-bond acceptors (Lipinski definition) is 0. The zero-order valence-electron chi connectivity index (χ0n) is 31.0. The summed E-state index contributed by atoms with van der Waals surface area (Å²) in [5.74, 6) is 0. The topological polar surface area (TPSA) is 0 Å². The molecule has 258 valence electrons. The monoisotopic (exact) mass is 698 g/mol. The molecule has 10 aromatic rings. The van der Waals surface area contributed by atoms with Crippen LogP contribution in [0.5, 0.6) is 0 Å². The smallest absolute Gasteiger partial charge is 0.0159 e. The molecule has 0 radical (unpaired) electrons. The van der Waals surface area contributed by atoms with Gasteiger partial charge in [0.15, 0.2) is 0 Å². The third kappa shape index (κ3) is 4.71. The largest absolute Gasteiger partial charge is 0.0622 e. The van der Waals surface area contributed by atoms with E-state index in [1.807, 2.05) is 0 Å². The van der Waals surface area contributed by atoms with Crippen LogP contribution in [0.15, 0.2) is 194 Å². The second kappa shape index (κ2) is 12.1. The molecule has 0 amide bonds. The molecule has 10 aromatic carbocycles. The zero-order chi connectivity index (χ0) is 36.7. The van der Waals surface area contributed by atoms with Crippen LogP contribution in [0.3, 0.4) is 0 Å².